The van der Waals surface area contributed by atoms with Crippen LogP contribution < -0.4 is 10.6 Å². The Morgan fingerprint density at radius 2 is 2.00 bits per heavy atom. The first kappa shape index (κ1) is 13.4. The van der Waals surface area contributed by atoms with Gasteiger partial charge in [0.1, 0.15) is 0 Å². The molecule has 0 bridgehead atoms. The maximum Gasteiger partial charge on any atom is 0.335 e. The fourth-order valence-corrected chi connectivity index (χ4v) is 1.66. The molecule has 0 aromatic heterocycles. The van der Waals surface area contributed by atoms with Crippen LogP contribution in [0, 0.1) is 0 Å². The van der Waals surface area contributed by atoms with Crippen molar-refractivity contribution in [2.24, 2.45) is 0 Å². The van der Waals surface area contributed by atoms with Crippen molar-refractivity contribution in [2.75, 3.05) is 5.32 Å². The van der Waals surface area contributed by atoms with Crippen molar-refractivity contribution in [3.63, 3.8) is 0 Å². The molecule has 17 heavy (non-hydrogen) atoms. The van der Waals surface area contributed by atoms with Crippen molar-refractivity contribution in [1.82, 2.24) is 5.32 Å². The van der Waals surface area contributed by atoms with Crippen molar-refractivity contribution in [1.29, 1.82) is 0 Å². The molecule has 0 aliphatic carbocycles. The molecule has 0 radical (unpaired) electrons. The molecular weight excluding hydrogens is 236 g/mol. The molecule has 0 heterocycles. The standard InChI is InChI=1S/C12H16N2O2S/c1-12(2,3)14-11(17)13-9-6-4-5-8(7-9)10(15)16/h4-7H,1-3H3,(H,15,16)(H2,13,14,17). The van der Waals surface area contributed by atoms with Gasteiger partial charge in [-0.25, -0.2) is 4.79 Å². The fourth-order valence-electron chi connectivity index (χ4n) is 1.23. The molecule has 1 aromatic carbocycles. The minimum Gasteiger partial charge on any atom is -0.478 e. The molecule has 0 atom stereocenters. The summed E-state index contributed by atoms with van der Waals surface area (Å²) in [6.07, 6.45) is 0. The van der Waals surface area contributed by atoms with E-state index in [4.69, 9.17) is 17.3 Å². The van der Waals surface area contributed by atoms with Crippen LogP contribution in [0.5, 0.6) is 0 Å². The van der Waals surface area contributed by atoms with Gasteiger partial charge < -0.3 is 15.7 Å². The van der Waals surface area contributed by atoms with Crippen LogP contribution in [0.3, 0.4) is 0 Å². The van der Waals surface area contributed by atoms with Crippen LogP contribution in [0.15, 0.2) is 24.3 Å². The zero-order chi connectivity index (χ0) is 13.1. The average Bonchev–Trinajstić information content (AvgIpc) is 2.14. The lowest BCUT2D eigenvalue weighted by atomic mass is 10.1. The molecule has 3 N–H and O–H groups in total. The molecule has 0 aliphatic heterocycles. The number of hydrogen-bond acceptors (Lipinski definition) is 2. The first-order valence-electron chi connectivity index (χ1n) is 5.20. The molecule has 92 valence electrons. The first-order chi connectivity index (χ1) is 7.78. The van der Waals surface area contributed by atoms with E-state index in [0.29, 0.717) is 10.8 Å². The Balaban J connectivity index is 2.72. The van der Waals surface area contributed by atoms with E-state index < -0.39 is 5.97 Å². The molecule has 4 nitrogen and oxygen atoms in total. The molecule has 0 aliphatic rings. The molecule has 5 heteroatoms. The Kier molecular flexibility index (Phi) is 4.07. The quantitative estimate of drug-likeness (QED) is 0.706. The van der Waals surface area contributed by atoms with Crippen LogP contribution in [0.25, 0.3) is 0 Å². The van der Waals surface area contributed by atoms with Gasteiger partial charge in [-0.2, -0.15) is 0 Å². The van der Waals surface area contributed by atoms with Crippen LogP contribution in [0.4, 0.5) is 5.69 Å². The third kappa shape index (κ3) is 4.82. The van der Waals surface area contributed by atoms with Crippen LogP contribution in [-0.2, 0) is 0 Å². The Morgan fingerprint density at radius 3 is 2.53 bits per heavy atom. The number of thiocarbonyl (C=S) groups is 1. The van der Waals surface area contributed by atoms with Crippen LogP contribution in [0.1, 0.15) is 31.1 Å². The number of hydrogen-bond donors (Lipinski definition) is 3. The zero-order valence-electron chi connectivity index (χ0n) is 10.1. The van der Waals surface area contributed by atoms with E-state index in [0.717, 1.165) is 0 Å². The minimum absolute atomic E-state index is 0.130. The van der Waals surface area contributed by atoms with E-state index in [1.165, 1.54) is 6.07 Å². The van der Waals surface area contributed by atoms with E-state index in [-0.39, 0.29) is 11.1 Å². The van der Waals surface area contributed by atoms with Gasteiger partial charge in [0.15, 0.2) is 5.11 Å². The van der Waals surface area contributed by atoms with Crippen molar-refractivity contribution >= 4 is 29.0 Å². The second kappa shape index (κ2) is 5.14. The number of aromatic carboxylic acids is 1. The number of rotatable bonds is 2. The normalized spacial score (nSPS) is 10.8. The maximum atomic E-state index is 10.8. The molecule has 0 saturated heterocycles. The first-order valence-corrected chi connectivity index (χ1v) is 5.61. The number of nitrogens with one attached hydrogen (secondary N) is 2. The summed E-state index contributed by atoms with van der Waals surface area (Å²) in [5, 5.41) is 15.4. The molecule has 1 rings (SSSR count). The molecule has 0 spiro atoms. The Bertz CT molecular complexity index is 438. The van der Waals surface area contributed by atoms with Gasteiger partial charge in [0.25, 0.3) is 0 Å². The van der Waals surface area contributed by atoms with Gasteiger partial charge in [0.2, 0.25) is 0 Å². The monoisotopic (exact) mass is 252 g/mol. The number of benzene rings is 1. The van der Waals surface area contributed by atoms with E-state index >= 15 is 0 Å². The highest BCUT2D eigenvalue weighted by Crippen LogP contribution is 2.11. The molecule has 1 aromatic rings. The molecule has 0 amide bonds. The van der Waals surface area contributed by atoms with Crippen molar-refractivity contribution in [3.05, 3.63) is 29.8 Å². The van der Waals surface area contributed by atoms with Crippen molar-refractivity contribution in [3.8, 4) is 0 Å². The fraction of sp³-hybridized carbons (Fsp3) is 0.333. The summed E-state index contributed by atoms with van der Waals surface area (Å²) in [6.45, 7) is 5.98. The second-order valence-electron chi connectivity index (χ2n) is 4.72. The van der Waals surface area contributed by atoms with Gasteiger partial charge in [-0.1, -0.05) is 6.07 Å². The summed E-state index contributed by atoms with van der Waals surface area (Å²) in [6, 6.07) is 6.52. The van der Waals surface area contributed by atoms with Gasteiger partial charge in [-0.05, 0) is 51.2 Å². The lowest BCUT2D eigenvalue weighted by molar-refractivity contribution is 0.0697. The van der Waals surface area contributed by atoms with Crippen molar-refractivity contribution < 1.29 is 9.90 Å². The number of carbonyl (C=O) groups is 1. The SMILES string of the molecule is CC(C)(C)NC(=S)Nc1cccc(C(=O)O)c1. The van der Waals surface area contributed by atoms with Crippen LogP contribution >= 0.6 is 12.2 Å². The predicted molar refractivity (Wildman–Crippen MR) is 72.5 cm³/mol. The van der Waals surface area contributed by atoms with Gasteiger partial charge in [-0.15, -0.1) is 0 Å². The molecule has 0 unspecified atom stereocenters. The topological polar surface area (TPSA) is 61.4 Å². The van der Waals surface area contributed by atoms with E-state index in [2.05, 4.69) is 10.6 Å². The highest BCUT2D eigenvalue weighted by atomic mass is 32.1. The molecule has 0 saturated carbocycles. The number of anilines is 1. The van der Waals surface area contributed by atoms with E-state index in [9.17, 15) is 4.79 Å². The lowest BCUT2D eigenvalue weighted by Crippen LogP contribution is -2.42. The smallest absolute Gasteiger partial charge is 0.335 e. The third-order valence-electron chi connectivity index (χ3n) is 1.86. The summed E-state index contributed by atoms with van der Waals surface area (Å²) in [5.41, 5.74) is 0.759. The lowest BCUT2D eigenvalue weighted by Gasteiger charge is -2.23. The van der Waals surface area contributed by atoms with E-state index in [1.54, 1.807) is 18.2 Å². The summed E-state index contributed by atoms with van der Waals surface area (Å²) >= 11 is 5.12. The maximum absolute atomic E-state index is 10.8. The van der Waals surface area contributed by atoms with Gasteiger partial charge in [0.05, 0.1) is 5.56 Å². The Hall–Kier alpha value is -1.62. The van der Waals surface area contributed by atoms with Crippen molar-refractivity contribution in [2.45, 2.75) is 26.3 Å². The van der Waals surface area contributed by atoms with Gasteiger partial charge >= 0.3 is 5.97 Å². The highest BCUT2D eigenvalue weighted by Gasteiger charge is 2.11. The summed E-state index contributed by atoms with van der Waals surface area (Å²) in [5.74, 6) is -0.955. The van der Waals surface area contributed by atoms with Crippen LogP contribution in [0.2, 0.25) is 0 Å². The van der Waals surface area contributed by atoms with Gasteiger partial charge in [0, 0.05) is 11.2 Å². The van der Waals surface area contributed by atoms with Crippen LogP contribution in [-0.4, -0.2) is 21.7 Å². The zero-order valence-corrected chi connectivity index (χ0v) is 10.9. The summed E-state index contributed by atoms with van der Waals surface area (Å²) in [4.78, 5) is 10.8. The Labute approximate surface area is 106 Å². The van der Waals surface area contributed by atoms with E-state index in [1.807, 2.05) is 20.8 Å². The number of carboxylic acids is 1. The largest absolute Gasteiger partial charge is 0.478 e. The third-order valence-corrected chi connectivity index (χ3v) is 2.06. The summed E-state index contributed by atoms with van der Waals surface area (Å²) in [7, 11) is 0. The second-order valence-corrected chi connectivity index (χ2v) is 5.12. The number of carboxylic acid groups (broad SMARTS) is 1. The minimum atomic E-state index is -0.955. The Morgan fingerprint density at radius 1 is 1.35 bits per heavy atom. The highest BCUT2D eigenvalue weighted by molar-refractivity contribution is 7.80. The average molecular weight is 252 g/mol. The van der Waals surface area contributed by atoms with Gasteiger partial charge in [-0.3, -0.25) is 0 Å². The molecular formula is C12H16N2O2S. The predicted octanol–water partition coefficient (Wildman–Crippen LogP) is 2.47. The summed E-state index contributed by atoms with van der Waals surface area (Å²) < 4.78 is 0. The molecule has 0 fully saturated rings.